The standard InChI is InChI=1S/C21H20ClN3O3S/c22-17-7-9-18(10-8-17)27-13-19-23-24-21(28-19)29-14-15-3-5-16(6-4-15)20(26)25-11-1-2-12-25/h3-10H,1-2,11-14H2. The minimum atomic E-state index is 0.115. The molecule has 8 heteroatoms. The minimum Gasteiger partial charge on any atom is -0.484 e. The average molecular weight is 430 g/mol. The molecule has 0 unspecified atom stereocenters. The summed E-state index contributed by atoms with van der Waals surface area (Å²) in [6, 6.07) is 14.8. The third-order valence-electron chi connectivity index (χ3n) is 4.58. The Morgan fingerprint density at radius 3 is 2.52 bits per heavy atom. The predicted molar refractivity (Wildman–Crippen MR) is 111 cm³/mol. The molecular weight excluding hydrogens is 410 g/mol. The summed E-state index contributed by atoms with van der Waals surface area (Å²) in [6.45, 7) is 1.91. The van der Waals surface area contributed by atoms with Crippen molar-refractivity contribution in [1.29, 1.82) is 0 Å². The normalized spacial score (nSPS) is 13.6. The van der Waals surface area contributed by atoms with Crippen molar-refractivity contribution in [3.05, 3.63) is 70.6 Å². The first-order valence-corrected chi connectivity index (χ1v) is 10.8. The van der Waals surface area contributed by atoms with Gasteiger partial charge in [-0.25, -0.2) is 0 Å². The Hall–Kier alpha value is -2.51. The number of thioether (sulfide) groups is 1. The Bertz CT molecular complexity index is 954. The first-order valence-electron chi connectivity index (χ1n) is 9.39. The number of halogens is 1. The van der Waals surface area contributed by atoms with Gasteiger partial charge in [-0.3, -0.25) is 4.79 Å². The fourth-order valence-corrected chi connectivity index (χ4v) is 3.88. The van der Waals surface area contributed by atoms with Crippen molar-refractivity contribution in [3.63, 3.8) is 0 Å². The van der Waals surface area contributed by atoms with Crippen molar-refractivity contribution in [2.75, 3.05) is 13.1 Å². The van der Waals surface area contributed by atoms with Crippen molar-refractivity contribution in [1.82, 2.24) is 15.1 Å². The van der Waals surface area contributed by atoms with E-state index >= 15 is 0 Å². The Kier molecular flexibility index (Phi) is 6.36. The van der Waals surface area contributed by atoms with E-state index in [0.29, 0.717) is 27.6 Å². The number of nitrogens with zero attached hydrogens (tertiary/aromatic N) is 3. The van der Waals surface area contributed by atoms with E-state index in [1.807, 2.05) is 29.2 Å². The van der Waals surface area contributed by atoms with Gasteiger partial charge in [0.25, 0.3) is 17.0 Å². The van der Waals surface area contributed by atoms with Crippen LogP contribution in [0.5, 0.6) is 5.75 Å². The second kappa shape index (κ2) is 9.33. The molecule has 1 aliphatic rings. The lowest BCUT2D eigenvalue weighted by molar-refractivity contribution is 0.0793. The van der Waals surface area contributed by atoms with Gasteiger partial charge in [0.2, 0.25) is 0 Å². The predicted octanol–water partition coefficient (Wildman–Crippen LogP) is 4.83. The molecule has 0 radical (unpaired) electrons. The molecule has 29 heavy (non-hydrogen) atoms. The summed E-state index contributed by atoms with van der Waals surface area (Å²) in [5.74, 6) is 1.89. The summed E-state index contributed by atoms with van der Waals surface area (Å²) in [5.41, 5.74) is 1.82. The van der Waals surface area contributed by atoms with E-state index in [1.165, 1.54) is 11.8 Å². The SMILES string of the molecule is O=C(c1ccc(CSc2nnc(COc3ccc(Cl)cc3)o2)cc1)N1CCCC1. The molecule has 1 saturated heterocycles. The molecule has 3 aromatic rings. The van der Waals surface area contributed by atoms with Gasteiger partial charge in [-0.15, -0.1) is 10.2 Å². The van der Waals surface area contributed by atoms with Gasteiger partial charge in [-0.1, -0.05) is 35.5 Å². The number of hydrogen-bond acceptors (Lipinski definition) is 6. The average Bonchev–Trinajstić information content (AvgIpc) is 3.44. The number of benzene rings is 2. The second-order valence-corrected chi connectivity index (χ2v) is 8.05. The topological polar surface area (TPSA) is 68.5 Å². The van der Waals surface area contributed by atoms with Crippen molar-refractivity contribution >= 4 is 29.3 Å². The van der Waals surface area contributed by atoms with Crippen molar-refractivity contribution in [2.45, 2.75) is 30.4 Å². The monoisotopic (exact) mass is 429 g/mol. The van der Waals surface area contributed by atoms with E-state index in [4.69, 9.17) is 20.8 Å². The van der Waals surface area contributed by atoms with Crippen LogP contribution in [0, 0.1) is 0 Å². The van der Waals surface area contributed by atoms with Crippen LogP contribution in [0.1, 0.15) is 34.7 Å². The second-order valence-electron chi connectivity index (χ2n) is 6.69. The van der Waals surface area contributed by atoms with E-state index in [9.17, 15) is 4.79 Å². The molecule has 0 aliphatic carbocycles. The third-order valence-corrected chi connectivity index (χ3v) is 5.72. The number of likely N-dealkylation sites (tertiary alicyclic amines) is 1. The lowest BCUT2D eigenvalue weighted by Crippen LogP contribution is -2.27. The molecular formula is C21H20ClN3O3S. The van der Waals surface area contributed by atoms with Crippen molar-refractivity contribution in [3.8, 4) is 5.75 Å². The smallest absolute Gasteiger partial charge is 0.277 e. The fraction of sp³-hybridized carbons (Fsp3) is 0.286. The highest BCUT2D eigenvalue weighted by molar-refractivity contribution is 7.98. The van der Waals surface area contributed by atoms with Gasteiger partial charge < -0.3 is 14.1 Å². The number of ether oxygens (including phenoxy) is 1. The van der Waals surface area contributed by atoms with E-state index < -0.39 is 0 Å². The van der Waals surface area contributed by atoms with Gasteiger partial charge in [-0.05, 0) is 54.8 Å². The van der Waals surface area contributed by atoms with Crippen LogP contribution in [0.4, 0.5) is 0 Å². The minimum absolute atomic E-state index is 0.115. The van der Waals surface area contributed by atoms with Crippen LogP contribution in [-0.2, 0) is 12.4 Å². The molecule has 1 aliphatic heterocycles. The summed E-state index contributed by atoms with van der Waals surface area (Å²) in [5, 5.41) is 9.18. The summed E-state index contributed by atoms with van der Waals surface area (Å²) in [4.78, 5) is 14.3. The van der Waals surface area contributed by atoms with Gasteiger partial charge in [-0.2, -0.15) is 0 Å². The highest BCUT2D eigenvalue weighted by atomic mass is 35.5. The molecule has 0 bridgehead atoms. The van der Waals surface area contributed by atoms with E-state index in [1.54, 1.807) is 24.3 Å². The van der Waals surface area contributed by atoms with Crippen LogP contribution in [0.2, 0.25) is 5.02 Å². The summed E-state index contributed by atoms with van der Waals surface area (Å²) < 4.78 is 11.2. The number of amides is 1. The summed E-state index contributed by atoms with van der Waals surface area (Å²) in [6.07, 6.45) is 2.19. The van der Waals surface area contributed by atoms with Crippen LogP contribution < -0.4 is 4.74 Å². The molecule has 0 spiro atoms. The van der Waals surface area contributed by atoms with Crippen LogP contribution in [0.25, 0.3) is 0 Å². The lowest BCUT2D eigenvalue weighted by Gasteiger charge is -2.15. The van der Waals surface area contributed by atoms with Crippen molar-refractivity contribution in [2.24, 2.45) is 0 Å². The number of carbonyl (C=O) groups excluding carboxylic acids is 1. The molecule has 2 heterocycles. The number of hydrogen-bond donors (Lipinski definition) is 0. The Morgan fingerprint density at radius 2 is 1.79 bits per heavy atom. The zero-order chi connectivity index (χ0) is 20.1. The fourth-order valence-electron chi connectivity index (χ4n) is 3.02. The molecule has 1 fully saturated rings. The van der Waals surface area contributed by atoms with Gasteiger partial charge in [0.15, 0.2) is 6.61 Å². The lowest BCUT2D eigenvalue weighted by atomic mass is 10.1. The Morgan fingerprint density at radius 1 is 1.07 bits per heavy atom. The molecule has 6 nitrogen and oxygen atoms in total. The number of rotatable bonds is 7. The third kappa shape index (κ3) is 5.31. The quantitative estimate of drug-likeness (QED) is 0.501. The maximum Gasteiger partial charge on any atom is 0.277 e. The molecule has 4 rings (SSSR count). The van der Waals surface area contributed by atoms with Gasteiger partial charge >= 0.3 is 0 Å². The summed E-state index contributed by atoms with van der Waals surface area (Å²) >= 11 is 7.30. The summed E-state index contributed by atoms with van der Waals surface area (Å²) in [7, 11) is 0. The van der Waals surface area contributed by atoms with Gasteiger partial charge in [0, 0.05) is 29.4 Å². The zero-order valence-electron chi connectivity index (χ0n) is 15.7. The maximum atomic E-state index is 12.4. The molecule has 1 aromatic heterocycles. The van der Waals surface area contributed by atoms with E-state index in [-0.39, 0.29) is 12.5 Å². The molecule has 1 amide bonds. The zero-order valence-corrected chi connectivity index (χ0v) is 17.3. The maximum absolute atomic E-state index is 12.4. The highest BCUT2D eigenvalue weighted by Gasteiger charge is 2.19. The molecule has 0 atom stereocenters. The highest BCUT2D eigenvalue weighted by Crippen LogP contribution is 2.23. The molecule has 0 N–H and O–H groups in total. The van der Waals surface area contributed by atoms with Gasteiger partial charge in [0.05, 0.1) is 0 Å². The van der Waals surface area contributed by atoms with E-state index in [0.717, 1.165) is 37.1 Å². The Balaban J connectivity index is 1.27. The van der Waals surface area contributed by atoms with Gasteiger partial charge in [0.1, 0.15) is 5.75 Å². The first kappa shape index (κ1) is 19.8. The molecule has 0 saturated carbocycles. The van der Waals surface area contributed by atoms with Crippen LogP contribution in [0.15, 0.2) is 58.2 Å². The van der Waals surface area contributed by atoms with Crippen LogP contribution in [-0.4, -0.2) is 34.1 Å². The van der Waals surface area contributed by atoms with Crippen molar-refractivity contribution < 1.29 is 13.9 Å². The van der Waals surface area contributed by atoms with Crippen LogP contribution in [0.3, 0.4) is 0 Å². The molecule has 2 aromatic carbocycles. The van der Waals surface area contributed by atoms with E-state index in [2.05, 4.69) is 10.2 Å². The first-order chi connectivity index (χ1) is 14.2. The number of aromatic nitrogens is 2. The van der Waals surface area contributed by atoms with Crippen LogP contribution >= 0.6 is 23.4 Å². The molecule has 150 valence electrons. The Labute approximate surface area is 178 Å². The largest absolute Gasteiger partial charge is 0.484 e. The number of carbonyl (C=O) groups is 1.